The van der Waals surface area contributed by atoms with E-state index in [1.54, 1.807) is 0 Å². The minimum Gasteiger partial charge on any atom is -0.339 e. The molecule has 18 heavy (non-hydrogen) atoms. The van der Waals surface area contributed by atoms with Gasteiger partial charge in [-0.15, -0.1) is 0 Å². The molecule has 1 aliphatic rings. The van der Waals surface area contributed by atoms with E-state index < -0.39 is 0 Å². The molecular formula is C15H28N2O. The van der Waals surface area contributed by atoms with Gasteiger partial charge < -0.3 is 10.6 Å². The molecule has 0 aromatic carbocycles. The van der Waals surface area contributed by atoms with Gasteiger partial charge in [0.2, 0.25) is 5.91 Å². The number of hydrogen-bond acceptors (Lipinski definition) is 2. The highest BCUT2D eigenvalue weighted by atomic mass is 16.2. The summed E-state index contributed by atoms with van der Waals surface area (Å²) >= 11 is 0. The number of carbonyl (C=O) groups is 1. The van der Waals surface area contributed by atoms with Crippen molar-refractivity contribution >= 4 is 5.91 Å². The second kappa shape index (κ2) is 6.93. The van der Waals surface area contributed by atoms with Crippen molar-refractivity contribution in [3.8, 4) is 0 Å². The van der Waals surface area contributed by atoms with Gasteiger partial charge in [0.1, 0.15) is 0 Å². The smallest absolute Gasteiger partial charge is 0.222 e. The lowest BCUT2D eigenvalue weighted by molar-refractivity contribution is -0.131. The monoisotopic (exact) mass is 252 g/mol. The average Bonchev–Trinajstić information content (AvgIpc) is 2.33. The van der Waals surface area contributed by atoms with Crippen LogP contribution in [0.25, 0.3) is 0 Å². The van der Waals surface area contributed by atoms with E-state index in [1.165, 1.54) is 0 Å². The zero-order valence-corrected chi connectivity index (χ0v) is 12.1. The minimum absolute atomic E-state index is 0.238. The zero-order chi connectivity index (χ0) is 13.6. The summed E-state index contributed by atoms with van der Waals surface area (Å²) in [6.07, 6.45) is 7.86. The molecule has 0 aromatic rings. The second-order valence-electron chi connectivity index (χ2n) is 6.28. The van der Waals surface area contributed by atoms with Crippen molar-refractivity contribution in [3.05, 3.63) is 12.2 Å². The molecule has 2 N–H and O–H groups in total. The largest absolute Gasteiger partial charge is 0.339 e. The number of rotatable bonds is 5. The Morgan fingerprint density at radius 2 is 2.06 bits per heavy atom. The molecule has 0 saturated carbocycles. The van der Waals surface area contributed by atoms with Gasteiger partial charge in [-0.3, -0.25) is 4.79 Å². The van der Waals surface area contributed by atoms with Gasteiger partial charge in [-0.2, -0.15) is 0 Å². The van der Waals surface area contributed by atoms with Crippen molar-refractivity contribution < 1.29 is 4.79 Å². The third kappa shape index (κ3) is 4.81. The molecule has 3 nitrogen and oxygen atoms in total. The van der Waals surface area contributed by atoms with Gasteiger partial charge in [0.25, 0.3) is 0 Å². The topological polar surface area (TPSA) is 46.3 Å². The third-order valence-corrected chi connectivity index (χ3v) is 3.86. The van der Waals surface area contributed by atoms with Crippen molar-refractivity contribution in [3.63, 3.8) is 0 Å². The van der Waals surface area contributed by atoms with E-state index in [2.05, 4.69) is 32.9 Å². The third-order valence-electron chi connectivity index (χ3n) is 3.86. The Morgan fingerprint density at radius 3 is 2.56 bits per heavy atom. The molecule has 1 aliphatic heterocycles. The van der Waals surface area contributed by atoms with Gasteiger partial charge >= 0.3 is 0 Å². The maximum absolute atomic E-state index is 12.1. The fourth-order valence-corrected chi connectivity index (χ4v) is 2.54. The van der Waals surface area contributed by atoms with E-state index >= 15 is 0 Å². The molecule has 104 valence electrons. The first-order chi connectivity index (χ1) is 8.45. The Kier molecular flexibility index (Phi) is 5.86. The predicted molar refractivity (Wildman–Crippen MR) is 76.2 cm³/mol. The molecule has 0 bridgehead atoms. The van der Waals surface area contributed by atoms with Gasteiger partial charge in [0, 0.05) is 19.5 Å². The zero-order valence-electron chi connectivity index (χ0n) is 12.1. The average molecular weight is 252 g/mol. The molecule has 0 fully saturated rings. The van der Waals surface area contributed by atoms with Crippen LogP contribution in [0.3, 0.4) is 0 Å². The summed E-state index contributed by atoms with van der Waals surface area (Å²) in [5.74, 6) is 0.831. The number of hydrogen-bond donors (Lipinski definition) is 1. The van der Waals surface area contributed by atoms with E-state index in [9.17, 15) is 4.79 Å². The Morgan fingerprint density at radius 1 is 1.33 bits per heavy atom. The summed E-state index contributed by atoms with van der Waals surface area (Å²) in [6.45, 7) is 9.09. The van der Waals surface area contributed by atoms with Crippen LogP contribution < -0.4 is 5.73 Å². The van der Waals surface area contributed by atoms with E-state index in [-0.39, 0.29) is 5.41 Å². The molecule has 1 heterocycles. The number of carbonyl (C=O) groups excluding carboxylic acids is 1. The van der Waals surface area contributed by atoms with Crippen LogP contribution in [-0.2, 0) is 4.79 Å². The molecule has 0 aliphatic carbocycles. The molecule has 0 spiro atoms. The Labute approximate surface area is 111 Å². The Balaban J connectivity index is 2.41. The van der Waals surface area contributed by atoms with Gasteiger partial charge in [0.05, 0.1) is 0 Å². The van der Waals surface area contributed by atoms with Crippen LogP contribution in [0.2, 0.25) is 0 Å². The lowest BCUT2D eigenvalue weighted by atomic mass is 9.76. The van der Waals surface area contributed by atoms with Gasteiger partial charge in [-0.25, -0.2) is 0 Å². The first-order valence-electron chi connectivity index (χ1n) is 7.08. The van der Waals surface area contributed by atoms with Crippen molar-refractivity contribution in [1.29, 1.82) is 0 Å². The van der Waals surface area contributed by atoms with Crippen LogP contribution >= 0.6 is 0 Å². The van der Waals surface area contributed by atoms with Gasteiger partial charge in [-0.1, -0.05) is 32.9 Å². The highest BCUT2D eigenvalue weighted by Gasteiger charge is 2.25. The normalized spacial score (nSPS) is 17.9. The molecule has 1 amide bonds. The summed E-state index contributed by atoms with van der Waals surface area (Å²) in [6, 6.07) is 0. The lowest BCUT2D eigenvalue weighted by Gasteiger charge is -2.31. The van der Waals surface area contributed by atoms with Gasteiger partial charge in [0.15, 0.2) is 0 Å². The fourth-order valence-electron chi connectivity index (χ4n) is 2.54. The molecule has 0 aromatic heterocycles. The fraction of sp³-hybridized carbons (Fsp3) is 0.800. The minimum atomic E-state index is 0.238. The van der Waals surface area contributed by atoms with Crippen molar-refractivity contribution in [2.45, 2.75) is 46.5 Å². The molecule has 0 saturated heterocycles. The molecule has 0 radical (unpaired) electrons. The van der Waals surface area contributed by atoms with Crippen LogP contribution in [0.5, 0.6) is 0 Å². The summed E-state index contributed by atoms with van der Waals surface area (Å²) in [7, 11) is 0. The van der Waals surface area contributed by atoms with Crippen molar-refractivity contribution in [2.75, 3.05) is 19.6 Å². The second-order valence-corrected chi connectivity index (χ2v) is 6.28. The van der Waals surface area contributed by atoms with Crippen LogP contribution in [0, 0.1) is 11.3 Å². The van der Waals surface area contributed by atoms with Crippen LogP contribution in [0.4, 0.5) is 0 Å². The molecule has 1 unspecified atom stereocenters. The first-order valence-corrected chi connectivity index (χ1v) is 7.08. The van der Waals surface area contributed by atoms with Crippen LogP contribution in [-0.4, -0.2) is 30.4 Å². The quantitative estimate of drug-likeness (QED) is 0.764. The number of nitrogens with zero attached hydrogens (tertiary/aromatic N) is 1. The first kappa shape index (κ1) is 15.2. The van der Waals surface area contributed by atoms with Crippen LogP contribution in [0.1, 0.15) is 46.5 Å². The molecule has 1 atom stereocenters. The van der Waals surface area contributed by atoms with E-state index in [4.69, 9.17) is 5.73 Å². The summed E-state index contributed by atoms with van der Waals surface area (Å²) in [5.41, 5.74) is 5.91. The Bertz CT molecular complexity index is 291. The van der Waals surface area contributed by atoms with Crippen molar-refractivity contribution in [2.24, 2.45) is 17.1 Å². The van der Waals surface area contributed by atoms with E-state index in [1.807, 2.05) is 4.90 Å². The Hall–Kier alpha value is -0.830. The molecule has 3 heteroatoms. The SMILES string of the molecule is CC(C)(C)C(CCN)CCC(=O)N1CC=CCC1. The van der Waals surface area contributed by atoms with Crippen LogP contribution in [0.15, 0.2) is 12.2 Å². The summed E-state index contributed by atoms with van der Waals surface area (Å²) in [5, 5.41) is 0. The number of amides is 1. The predicted octanol–water partition coefficient (Wildman–Crippen LogP) is 2.57. The maximum Gasteiger partial charge on any atom is 0.222 e. The summed E-state index contributed by atoms with van der Waals surface area (Å²) in [4.78, 5) is 14.1. The molecular weight excluding hydrogens is 224 g/mol. The standard InChI is InChI=1S/C15H28N2O/c1-15(2,3)13(9-10-16)7-8-14(18)17-11-5-4-6-12-17/h4-5,13H,6-12,16H2,1-3H3. The number of nitrogens with two attached hydrogens (primary N) is 1. The highest BCUT2D eigenvalue weighted by Crippen LogP contribution is 2.32. The molecule has 1 rings (SSSR count). The van der Waals surface area contributed by atoms with E-state index in [0.717, 1.165) is 32.4 Å². The lowest BCUT2D eigenvalue weighted by Crippen LogP contribution is -2.34. The summed E-state index contributed by atoms with van der Waals surface area (Å²) < 4.78 is 0. The van der Waals surface area contributed by atoms with Gasteiger partial charge in [-0.05, 0) is 37.1 Å². The van der Waals surface area contributed by atoms with E-state index in [0.29, 0.717) is 24.8 Å². The van der Waals surface area contributed by atoms with Crippen molar-refractivity contribution in [1.82, 2.24) is 4.90 Å². The highest BCUT2D eigenvalue weighted by molar-refractivity contribution is 5.76. The maximum atomic E-state index is 12.1.